The fourth-order valence-corrected chi connectivity index (χ4v) is 2.04. The Hall–Kier alpha value is -2.40. The Morgan fingerprint density at radius 2 is 2.24 bits per heavy atom. The Labute approximate surface area is 124 Å². The molecule has 0 radical (unpaired) electrons. The molecule has 0 bridgehead atoms. The normalized spacial score (nSPS) is 10.1. The molecular weight excluding hydrogens is 295 g/mol. The van der Waals surface area contributed by atoms with Gasteiger partial charge in [-0.05, 0) is 12.1 Å². The van der Waals surface area contributed by atoms with Gasteiger partial charge in [0.05, 0.1) is 23.8 Å². The summed E-state index contributed by atoms with van der Waals surface area (Å²) in [7, 11) is 0. The van der Waals surface area contributed by atoms with Crippen LogP contribution in [0, 0.1) is 17.1 Å². The van der Waals surface area contributed by atoms with Crippen molar-refractivity contribution in [1.82, 2.24) is 15.5 Å². The summed E-state index contributed by atoms with van der Waals surface area (Å²) < 4.78 is 18.8. The summed E-state index contributed by atoms with van der Waals surface area (Å²) in [6.07, 6.45) is 0.258. The van der Waals surface area contributed by atoms with E-state index < -0.39 is 5.82 Å². The monoisotopic (exact) mass is 306 g/mol. The van der Waals surface area contributed by atoms with Crippen LogP contribution in [-0.2, 0) is 4.79 Å². The summed E-state index contributed by atoms with van der Waals surface area (Å²) in [5.41, 5.74) is 0.218. The molecule has 108 valence electrons. The van der Waals surface area contributed by atoms with Crippen LogP contribution in [0.5, 0.6) is 0 Å². The number of thioether (sulfide) groups is 1. The molecule has 2 rings (SSSR count). The summed E-state index contributed by atoms with van der Waals surface area (Å²) in [6, 6.07) is 7.99. The number of amides is 1. The molecule has 0 aliphatic carbocycles. The third-order valence-electron chi connectivity index (χ3n) is 2.40. The molecule has 1 heterocycles. The van der Waals surface area contributed by atoms with E-state index >= 15 is 0 Å². The van der Waals surface area contributed by atoms with Gasteiger partial charge < -0.3 is 9.73 Å². The highest BCUT2D eigenvalue weighted by atomic mass is 32.2. The highest BCUT2D eigenvalue weighted by molar-refractivity contribution is 7.99. The SMILES string of the molecule is N#CCCNC(=O)CSc1nnc(-c2ccccc2F)o1. The van der Waals surface area contributed by atoms with Crippen LogP contribution >= 0.6 is 11.8 Å². The van der Waals surface area contributed by atoms with Crippen LogP contribution in [0.3, 0.4) is 0 Å². The smallest absolute Gasteiger partial charge is 0.277 e. The molecular formula is C13H11FN4O2S. The van der Waals surface area contributed by atoms with Gasteiger partial charge in [0, 0.05) is 6.54 Å². The fraction of sp³-hybridized carbons (Fsp3) is 0.231. The Kier molecular flexibility index (Phi) is 5.29. The predicted octanol–water partition coefficient (Wildman–Crippen LogP) is 2.00. The van der Waals surface area contributed by atoms with Crippen LogP contribution in [0.25, 0.3) is 11.5 Å². The molecule has 21 heavy (non-hydrogen) atoms. The molecule has 1 aromatic carbocycles. The van der Waals surface area contributed by atoms with Gasteiger partial charge in [0.15, 0.2) is 0 Å². The lowest BCUT2D eigenvalue weighted by atomic mass is 10.2. The molecule has 0 aliphatic rings. The minimum Gasteiger partial charge on any atom is -0.411 e. The molecule has 8 heteroatoms. The van der Waals surface area contributed by atoms with Crippen molar-refractivity contribution >= 4 is 17.7 Å². The minimum atomic E-state index is -0.452. The first-order valence-corrected chi connectivity index (χ1v) is 7.04. The molecule has 6 nitrogen and oxygen atoms in total. The van der Waals surface area contributed by atoms with Gasteiger partial charge in [-0.25, -0.2) is 4.39 Å². The first-order valence-electron chi connectivity index (χ1n) is 6.05. The van der Waals surface area contributed by atoms with Crippen molar-refractivity contribution in [3.63, 3.8) is 0 Å². The van der Waals surface area contributed by atoms with Crippen molar-refractivity contribution in [2.24, 2.45) is 0 Å². The van der Waals surface area contributed by atoms with Crippen molar-refractivity contribution in [2.45, 2.75) is 11.6 Å². The molecule has 2 aromatic rings. The molecule has 1 amide bonds. The summed E-state index contributed by atoms with van der Waals surface area (Å²) >= 11 is 1.05. The molecule has 0 spiro atoms. The molecule has 0 atom stereocenters. The van der Waals surface area contributed by atoms with Crippen molar-refractivity contribution in [2.75, 3.05) is 12.3 Å². The van der Waals surface area contributed by atoms with E-state index in [1.165, 1.54) is 12.1 Å². The van der Waals surface area contributed by atoms with E-state index in [4.69, 9.17) is 9.68 Å². The number of hydrogen-bond donors (Lipinski definition) is 1. The van der Waals surface area contributed by atoms with Gasteiger partial charge in [0.2, 0.25) is 5.91 Å². The lowest BCUT2D eigenvalue weighted by molar-refractivity contribution is -0.118. The molecule has 0 unspecified atom stereocenters. The third kappa shape index (κ3) is 4.29. The number of carbonyl (C=O) groups excluding carboxylic acids is 1. The first kappa shape index (κ1) is 15.0. The van der Waals surface area contributed by atoms with E-state index in [-0.39, 0.29) is 34.8 Å². The lowest BCUT2D eigenvalue weighted by Gasteiger charge is -1.99. The number of nitrogens with one attached hydrogen (secondary N) is 1. The topological polar surface area (TPSA) is 91.8 Å². The average Bonchev–Trinajstić information content (AvgIpc) is 2.94. The van der Waals surface area contributed by atoms with Gasteiger partial charge in [-0.1, -0.05) is 23.9 Å². The number of benzene rings is 1. The van der Waals surface area contributed by atoms with Gasteiger partial charge in [0.25, 0.3) is 11.1 Å². The zero-order chi connectivity index (χ0) is 15.1. The Balaban J connectivity index is 1.91. The van der Waals surface area contributed by atoms with Crippen LogP contribution in [0.15, 0.2) is 33.9 Å². The van der Waals surface area contributed by atoms with Gasteiger partial charge in [-0.15, -0.1) is 10.2 Å². The van der Waals surface area contributed by atoms with Crippen LogP contribution < -0.4 is 5.32 Å². The maximum atomic E-state index is 13.5. The Morgan fingerprint density at radius 1 is 1.43 bits per heavy atom. The Bertz CT molecular complexity index is 668. The van der Waals surface area contributed by atoms with E-state index in [1.54, 1.807) is 12.1 Å². The number of nitriles is 1. The number of nitrogens with zero attached hydrogens (tertiary/aromatic N) is 3. The zero-order valence-electron chi connectivity index (χ0n) is 10.9. The van der Waals surface area contributed by atoms with E-state index in [2.05, 4.69) is 15.5 Å². The maximum absolute atomic E-state index is 13.5. The average molecular weight is 306 g/mol. The second-order valence-corrected chi connectivity index (χ2v) is 4.83. The summed E-state index contributed by atoms with van der Waals surface area (Å²) in [5.74, 6) is -0.530. The van der Waals surface area contributed by atoms with E-state index in [0.29, 0.717) is 6.54 Å². The van der Waals surface area contributed by atoms with E-state index in [9.17, 15) is 9.18 Å². The highest BCUT2D eigenvalue weighted by Gasteiger charge is 2.13. The van der Waals surface area contributed by atoms with Crippen LogP contribution in [0.4, 0.5) is 4.39 Å². The van der Waals surface area contributed by atoms with Crippen LogP contribution in [0.1, 0.15) is 6.42 Å². The Morgan fingerprint density at radius 3 is 3.00 bits per heavy atom. The quantitative estimate of drug-likeness (QED) is 0.648. The summed E-state index contributed by atoms with van der Waals surface area (Å²) in [4.78, 5) is 11.4. The minimum absolute atomic E-state index is 0.0699. The standard InChI is InChI=1S/C13H11FN4O2S/c14-10-5-2-1-4-9(10)12-17-18-13(20-12)21-8-11(19)16-7-3-6-15/h1-2,4-5H,3,7-8H2,(H,16,19). The fourth-order valence-electron chi connectivity index (χ4n) is 1.45. The van der Waals surface area contributed by atoms with Crippen molar-refractivity contribution in [3.05, 3.63) is 30.1 Å². The van der Waals surface area contributed by atoms with Crippen molar-refractivity contribution in [1.29, 1.82) is 5.26 Å². The number of halogens is 1. The molecule has 0 aliphatic heterocycles. The lowest BCUT2D eigenvalue weighted by Crippen LogP contribution is -2.25. The summed E-state index contributed by atoms with van der Waals surface area (Å²) in [5, 5.41) is 18.6. The van der Waals surface area contributed by atoms with Gasteiger partial charge in [-0.3, -0.25) is 4.79 Å². The maximum Gasteiger partial charge on any atom is 0.277 e. The van der Waals surface area contributed by atoms with Crippen molar-refractivity contribution in [3.8, 4) is 17.5 Å². The second-order valence-electron chi connectivity index (χ2n) is 3.90. The number of aromatic nitrogens is 2. The number of rotatable bonds is 6. The molecule has 1 N–H and O–H groups in total. The first-order chi connectivity index (χ1) is 10.2. The van der Waals surface area contributed by atoms with Gasteiger partial charge in [-0.2, -0.15) is 5.26 Å². The second kappa shape index (κ2) is 7.40. The molecule has 0 saturated heterocycles. The highest BCUT2D eigenvalue weighted by Crippen LogP contribution is 2.24. The van der Waals surface area contributed by atoms with Crippen LogP contribution in [-0.4, -0.2) is 28.4 Å². The van der Waals surface area contributed by atoms with Gasteiger partial charge in [0.1, 0.15) is 5.82 Å². The van der Waals surface area contributed by atoms with E-state index in [1.807, 2.05) is 6.07 Å². The third-order valence-corrected chi connectivity index (χ3v) is 3.21. The van der Waals surface area contributed by atoms with E-state index in [0.717, 1.165) is 11.8 Å². The largest absolute Gasteiger partial charge is 0.411 e. The van der Waals surface area contributed by atoms with Gasteiger partial charge >= 0.3 is 0 Å². The molecule has 0 saturated carbocycles. The number of carbonyl (C=O) groups is 1. The zero-order valence-corrected chi connectivity index (χ0v) is 11.7. The molecule has 0 fully saturated rings. The summed E-state index contributed by atoms with van der Waals surface area (Å²) in [6.45, 7) is 0.306. The number of hydrogen-bond acceptors (Lipinski definition) is 6. The van der Waals surface area contributed by atoms with Crippen LogP contribution in [0.2, 0.25) is 0 Å². The van der Waals surface area contributed by atoms with Crippen molar-refractivity contribution < 1.29 is 13.6 Å². The predicted molar refractivity (Wildman–Crippen MR) is 73.7 cm³/mol. The molecule has 1 aromatic heterocycles.